The lowest BCUT2D eigenvalue weighted by Gasteiger charge is -2.37. The second-order valence-corrected chi connectivity index (χ2v) is 14.7. The summed E-state index contributed by atoms with van der Waals surface area (Å²) in [5.41, 5.74) is 0. The maximum atomic E-state index is 5.79. The normalized spacial score (nSPS) is 12.8. The average molecular weight is 286 g/mol. The van der Waals surface area contributed by atoms with Crippen molar-refractivity contribution in [1.82, 2.24) is 4.23 Å². The van der Waals surface area contributed by atoms with Crippen LogP contribution >= 0.6 is 23.2 Å². The molecular weight excluding hydrogens is 261 g/mol. The molecule has 0 saturated carbocycles. The van der Waals surface area contributed by atoms with Crippen molar-refractivity contribution in [2.45, 2.75) is 44.6 Å². The maximum Gasteiger partial charge on any atom is 0.111 e. The average Bonchev–Trinajstić information content (AvgIpc) is 2.16. The largest absolute Gasteiger partial charge is 0.351 e. The molecule has 0 radical (unpaired) electrons. The highest BCUT2D eigenvalue weighted by Gasteiger charge is 2.27. The maximum absolute atomic E-state index is 5.79. The lowest BCUT2D eigenvalue weighted by molar-refractivity contribution is 0.745. The summed E-state index contributed by atoms with van der Waals surface area (Å²) in [6, 6.07) is 2.70. The molecule has 15 heavy (non-hydrogen) atoms. The van der Waals surface area contributed by atoms with E-state index in [4.69, 9.17) is 23.2 Å². The second kappa shape index (κ2) is 8.12. The van der Waals surface area contributed by atoms with E-state index in [2.05, 4.69) is 30.9 Å². The van der Waals surface area contributed by atoms with Gasteiger partial charge in [-0.25, -0.2) is 0 Å². The first kappa shape index (κ1) is 16.0. The zero-order valence-corrected chi connectivity index (χ0v) is 14.2. The van der Waals surface area contributed by atoms with Crippen molar-refractivity contribution in [2.75, 3.05) is 18.8 Å². The highest BCUT2D eigenvalue weighted by atomic mass is 35.5. The standard InChI is InChI=1S/C10H25Cl2NSi2/c1-13(15(2,3)4)14(9-5-7-11)10-6-8-12/h14H,5-10H2,1-4H3. The van der Waals surface area contributed by atoms with Crippen LogP contribution in [0.25, 0.3) is 0 Å². The van der Waals surface area contributed by atoms with Gasteiger partial charge in [0.15, 0.2) is 0 Å². The van der Waals surface area contributed by atoms with Crippen LogP contribution in [0.3, 0.4) is 0 Å². The molecule has 92 valence electrons. The summed E-state index contributed by atoms with van der Waals surface area (Å²) in [6.07, 6.45) is 2.35. The molecule has 0 aliphatic carbocycles. The molecule has 0 fully saturated rings. The fourth-order valence-electron chi connectivity index (χ4n) is 1.70. The quantitative estimate of drug-likeness (QED) is 0.485. The summed E-state index contributed by atoms with van der Waals surface area (Å²) in [4.78, 5) is 0. The molecule has 0 bridgehead atoms. The molecular formula is C10H25Cl2NSi2. The van der Waals surface area contributed by atoms with Gasteiger partial charge in [-0.2, -0.15) is 0 Å². The predicted octanol–water partition coefficient (Wildman–Crippen LogP) is 3.73. The van der Waals surface area contributed by atoms with E-state index in [1.807, 2.05) is 0 Å². The molecule has 1 nitrogen and oxygen atoms in total. The fraction of sp³-hybridized carbons (Fsp3) is 1.00. The minimum absolute atomic E-state index is 0.762. The van der Waals surface area contributed by atoms with Crippen LogP contribution in [0.4, 0.5) is 0 Å². The molecule has 0 unspecified atom stereocenters. The summed E-state index contributed by atoms with van der Waals surface area (Å²) in [6.45, 7) is 7.27. The second-order valence-electron chi connectivity index (χ2n) is 5.10. The first-order chi connectivity index (χ1) is 6.93. The third-order valence-corrected chi connectivity index (χ3v) is 12.3. The Labute approximate surface area is 108 Å². The highest BCUT2D eigenvalue weighted by molar-refractivity contribution is 6.83. The lowest BCUT2D eigenvalue weighted by Crippen LogP contribution is -2.51. The minimum Gasteiger partial charge on any atom is -0.351 e. The zero-order valence-electron chi connectivity index (χ0n) is 10.5. The van der Waals surface area contributed by atoms with Crippen LogP contribution in [-0.2, 0) is 0 Å². The van der Waals surface area contributed by atoms with E-state index < -0.39 is 17.2 Å². The van der Waals surface area contributed by atoms with E-state index in [0.29, 0.717) is 0 Å². The molecule has 0 rings (SSSR count). The van der Waals surface area contributed by atoms with Crippen molar-refractivity contribution in [3.63, 3.8) is 0 Å². The summed E-state index contributed by atoms with van der Waals surface area (Å²) >= 11 is 11.6. The van der Waals surface area contributed by atoms with Gasteiger partial charge < -0.3 is 4.23 Å². The monoisotopic (exact) mass is 285 g/mol. The predicted molar refractivity (Wildman–Crippen MR) is 78.5 cm³/mol. The smallest absolute Gasteiger partial charge is 0.111 e. The molecule has 0 N–H and O–H groups in total. The van der Waals surface area contributed by atoms with E-state index >= 15 is 0 Å². The first-order valence-electron chi connectivity index (χ1n) is 5.78. The van der Waals surface area contributed by atoms with E-state index in [1.54, 1.807) is 0 Å². The summed E-state index contributed by atoms with van der Waals surface area (Å²) in [5, 5.41) is 0. The minimum atomic E-state index is -1.11. The van der Waals surface area contributed by atoms with Crippen molar-refractivity contribution < 1.29 is 0 Å². The van der Waals surface area contributed by atoms with Crippen molar-refractivity contribution in [3.8, 4) is 0 Å². The van der Waals surface area contributed by atoms with Gasteiger partial charge in [0.1, 0.15) is 17.2 Å². The van der Waals surface area contributed by atoms with E-state index in [-0.39, 0.29) is 0 Å². The Kier molecular flexibility index (Phi) is 8.65. The van der Waals surface area contributed by atoms with Gasteiger partial charge in [-0.15, -0.1) is 23.2 Å². The van der Waals surface area contributed by atoms with Crippen LogP contribution in [-0.4, -0.2) is 40.2 Å². The first-order valence-corrected chi connectivity index (χ1v) is 12.4. The third kappa shape index (κ3) is 7.00. The summed E-state index contributed by atoms with van der Waals surface area (Å²) in [5.74, 6) is 1.62. The molecule has 0 aliphatic heterocycles. The van der Waals surface area contributed by atoms with Gasteiger partial charge in [-0.1, -0.05) is 19.6 Å². The number of nitrogens with zero attached hydrogens (tertiary/aromatic N) is 1. The SMILES string of the molecule is CN([SiH](CCCCl)CCCCl)[Si](C)(C)C. The molecule has 0 atom stereocenters. The van der Waals surface area contributed by atoms with Gasteiger partial charge in [0, 0.05) is 11.8 Å². The zero-order chi connectivity index (χ0) is 11.9. The Hall–Kier alpha value is 0.974. The van der Waals surface area contributed by atoms with E-state index in [0.717, 1.165) is 11.8 Å². The molecule has 0 heterocycles. The number of halogens is 2. The molecule has 0 aromatic heterocycles. The molecule has 0 amide bonds. The molecule has 0 aromatic carbocycles. The Bertz CT molecular complexity index is 154. The van der Waals surface area contributed by atoms with Crippen LogP contribution in [0.1, 0.15) is 12.8 Å². The van der Waals surface area contributed by atoms with Gasteiger partial charge >= 0.3 is 0 Å². The Morgan fingerprint density at radius 1 is 1.00 bits per heavy atom. The Balaban J connectivity index is 4.20. The molecule has 0 aliphatic rings. The van der Waals surface area contributed by atoms with Crippen molar-refractivity contribution in [3.05, 3.63) is 0 Å². The number of rotatable bonds is 8. The topological polar surface area (TPSA) is 3.24 Å². The molecule has 0 spiro atoms. The molecule has 0 saturated heterocycles. The highest BCUT2D eigenvalue weighted by Crippen LogP contribution is 2.17. The third-order valence-electron chi connectivity index (χ3n) is 2.95. The van der Waals surface area contributed by atoms with Gasteiger partial charge in [0.2, 0.25) is 0 Å². The number of hydrogen-bond acceptors (Lipinski definition) is 1. The van der Waals surface area contributed by atoms with Gasteiger partial charge in [-0.3, -0.25) is 0 Å². The van der Waals surface area contributed by atoms with E-state index in [1.165, 1.54) is 24.9 Å². The number of hydrogen-bond donors (Lipinski definition) is 0. The van der Waals surface area contributed by atoms with E-state index in [9.17, 15) is 0 Å². The number of alkyl halides is 2. The van der Waals surface area contributed by atoms with Gasteiger partial charge in [-0.05, 0) is 32.0 Å². The molecule has 0 aromatic rings. The van der Waals surface area contributed by atoms with Crippen LogP contribution < -0.4 is 0 Å². The van der Waals surface area contributed by atoms with Crippen LogP contribution in [0, 0.1) is 0 Å². The Morgan fingerprint density at radius 3 is 1.67 bits per heavy atom. The fourth-order valence-corrected chi connectivity index (χ4v) is 10.1. The molecule has 5 heteroatoms. The summed E-state index contributed by atoms with van der Waals surface area (Å²) in [7, 11) is 0.448. The summed E-state index contributed by atoms with van der Waals surface area (Å²) < 4.78 is 2.73. The lowest BCUT2D eigenvalue weighted by atomic mass is 10.6. The van der Waals surface area contributed by atoms with Gasteiger partial charge in [0.25, 0.3) is 0 Å². The van der Waals surface area contributed by atoms with Gasteiger partial charge in [0.05, 0.1) is 0 Å². The van der Waals surface area contributed by atoms with Crippen molar-refractivity contribution in [1.29, 1.82) is 0 Å². The van der Waals surface area contributed by atoms with Crippen LogP contribution in [0.2, 0.25) is 31.7 Å². The van der Waals surface area contributed by atoms with Crippen molar-refractivity contribution in [2.24, 2.45) is 0 Å². The van der Waals surface area contributed by atoms with Crippen molar-refractivity contribution >= 4 is 40.4 Å². The van der Waals surface area contributed by atoms with Crippen LogP contribution in [0.15, 0.2) is 0 Å². The van der Waals surface area contributed by atoms with Crippen LogP contribution in [0.5, 0.6) is 0 Å². The Morgan fingerprint density at radius 2 is 1.40 bits per heavy atom.